The molecule has 0 aliphatic heterocycles. The Morgan fingerprint density at radius 3 is 2.33 bits per heavy atom. The van der Waals surface area contributed by atoms with Crippen molar-refractivity contribution in [2.75, 3.05) is 13.6 Å². The van der Waals surface area contributed by atoms with Crippen molar-refractivity contribution < 1.29 is 0 Å². The molecule has 2 aliphatic carbocycles. The van der Waals surface area contributed by atoms with E-state index in [0.717, 1.165) is 17.8 Å². The zero-order chi connectivity index (χ0) is 10.5. The summed E-state index contributed by atoms with van der Waals surface area (Å²) >= 11 is 0. The maximum Gasteiger partial charge on any atom is -0.00209 e. The van der Waals surface area contributed by atoms with Gasteiger partial charge in [-0.15, -0.1) is 0 Å². The van der Waals surface area contributed by atoms with Gasteiger partial charge in [-0.2, -0.15) is 0 Å². The summed E-state index contributed by atoms with van der Waals surface area (Å²) in [5.41, 5.74) is 0. The predicted octanol–water partition coefficient (Wildman–Crippen LogP) is 3.59. The van der Waals surface area contributed by atoms with Gasteiger partial charge in [0.15, 0.2) is 0 Å². The van der Waals surface area contributed by atoms with Crippen LogP contribution < -0.4 is 5.32 Å². The van der Waals surface area contributed by atoms with Gasteiger partial charge in [0.05, 0.1) is 0 Å². The minimum Gasteiger partial charge on any atom is -0.319 e. The number of hydrogen-bond donors (Lipinski definition) is 1. The number of hydrogen-bond acceptors (Lipinski definition) is 1. The van der Waals surface area contributed by atoms with Crippen molar-refractivity contribution in [2.24, 2.45) is 17.8 Å². The molecule has 2 rings (SSSR count). The van der Waals surface area contributed by atoms with Crippen LogP contribution in [0.15, 0.2) is 0 Å². The molecule has 15 heavy (non-hydrogen) atoms. The summed E-state index contributed by atoms with van der Waals surface area (Å²) in [6.07, 6.45) is 13.6. The van der Waals surface area contributed by atoms with Crippen LogP contribution in [0, 0.1) is 17.8 Å². The zero-order valence-corrected chi connectivity index (χ0v) is 10.3. The molecule has 88 valence electrons. The Bertz CT molecular complexity index is 172. The van der Waals surface area contributed by atoms with E-state index in [0.29, 0.717) is 0 Å². The van der Waals surface area contributed by atoms with Crippen LogP contribution >= 0.6 is 0 Å². The average Bonchev–Trinajstić information content (AvgIpc) is 2.68. The monoisotopic (exact) mass is 209 g/mol. The Labute approximate surface area is 95.0 Å². The molecule has 0 aromatic rings. The van der Waals surface area contributed by atoms with Crippen molar-refractivity contribution in [3.63, 3.8) is 0 Å². The third-order valence-electron chi connectivity index (χ3n) is 4.64. The van der Waals surface area contributed by atoms with E-state index < -0.39 is 0 Å². The van der Waals surface area contributed by atoms with Gasteiger partial charge in [-0.25, -0.2) is 0 Å². The van der Waals surface area contributed by atoms with Crippen LogP contribution in [0.5, 0.6) is 0 Å². The highest BCUT2D eigenvalue weighted by Gasteiger charge is 2.29. The van der Waals surface area contributed by atoms with E-state index in [-0.39, 0.29) is 0 Å². The number of rotatable bonds is 4. The lowest BCUT2D eigenvalue weighted by atomic mass is 9.79. The largest absolute Gasteiger partial charge is 0.319 e. The van der Waals surface area contributed by atoms with Gasteiger partial charge in [0, 0.05) is 0 Å². The van der Waals surface area contributed by atoms with Crippen molar-refractivity contribution in [3.05, 3.63) is 0 Å². The molecule has 0 radical (unpaired) electrons. The average molecular weight is 209 g/mol. The fourth-order valence-electron chi connectivity index (χ4n) is 3.81. The van der Waals surface area contributed by atoms with Gasteiger partial charge in [0.2, 0.25) is 0 Å². The molecular formula is C14H27N. The molecule has 1 N–H and O–H groups in total. The van der Waals surface area contributed by atoms with Gasteiger partial charge in [-0.1, -0.05) is 44.9 Å². The molecule has 2 atom stereocenters. The van der Waals surface area contributed by atoms with Gasteiger partial charge in [-0.3, -0.25) is 0 Å². The van der Waals surface area contributed by atoms with E-state index in [1.165, 1.54) is 57.9 Å². The second-order valence-corrected chi connectivity index (χ2v) is 5.75. The van der Waals surface area contributed by atoms with Crippen LogP contribution in [0.4, 0.5) is 0 Å². The van der Waals surface area contributed by atoms with Crippen LogP contribution in [-0.4, -0.2) is 13.6 Å². The molecule has 2 unspecified atom stereocenters. The van der Waals surface area contributed by atoms with Crippen LogP contribution in [0.1, 0.15) is 57.8 Å². The summed E-state index contributed by atoms with van der Waals surface area (Å²) in [6.45, 7) is 1.26. The minimum absolute atomic E-state index is 0.997. The summed E-state index contributed by atoms with van der Waals surface area (Å²) in [5.74, 6) is 3.14. The molecule has 0 bridgehead atoms. The van der Waals surface area contributed by atoms with Gasteiger partial charge in [-0.05, 0) is 44.2 Å². The Morgan fingerprint density at radius 2 is 1.60 bits per heavy atom. The van der Waals surface area contributed by atoms with E-state index >= 15 is 0 Å². The van der Waals surface area contributed by atoms with E-state index in [1.807, 2.05) is 0 Å². The summed E-state index contributed by atoms with van der Waals surface area (Å²) in [5, 5.41) is 3.38. The summed E-state index contributed by atoms with van der Waals surface area (Å²) in [7, 11) is 2.11. The highest BCUT2D eigenvalue weighted by Crippen LogP contribution is 2.39. The third-order valence-corrected chi connectivity index (χ3v) is 4.64. The van der Waals surface area contributed by atoms with Gasteiger partial charge < -0.3 is 5.32 Å². The van der Waals surface area contributed by atoms with Crippen molar-refractivity contribution in [1.29, 1.82) is 0 Å². The lowest BCUT2D eigenvalue weighted by Gasteiger charge is -2.27. The topological polar surface area (TPSA) is 12.0 Å². The first-order valence-corrected chi connectivity index (χ1v) is 7.04. The summed E-state index contributed by atoms with van der Waals surface area (Å²) < 4.78 is 0. The summed E-state index contributed by atoms with van der Waals surface area (Å²) in [6, 6.07) is 0. The second kappa shape index (κ2) is 5.89. The zero-order valence-electron chi connectivity index (χ0n) is 10.3. The highest BCUT2D eigenvalue weighted by molar-refractivity contribution is 4.81. The standard InChI is InChI=1S/C14H27N/c1-15-11-14-9-5-8-13(14)10-12-6-3-2-4-7-12/h12-15H,2-11H2,1H3. The van der Waals surface area contributed by atoms with Gasteiger partial charge in [0.25, 0.3) is 0 Å². The molecule has 0 spiro atoms. The fraction of sp³-hybridized carbons (Fsp3) is 1.00. The minimum atomic E-state index is 0.997. The smallest absolute Gasteiger partial charge is 0.00209 e. The molecular weight excluding hydrogens is 182 g/mol. The quantitative estimate of drug-likeness (QED) is 0.746. The summed E-state index contributed by atoms with van der Waals surface area (Å²) in [4.78, 5) is 0. The van der Waals surface area contributed by atoms with E-state index in [2.05, 4.69) is 12.4 Å². The number of nitrogens with one attached hydrogen (secondary N) is 1. The van der Waals surface area contributed by atoms with Crippen molar-refractivity contribution >= 4 is 0 Å². The second-order valence-electron chi connectivity index (χ2n) is 5.75. The molecule has 0 aromatic heterocycles. The maximum absolute atomic E-state index is 3.38. The first-order chi connectivity index (χ1) is 7.40. The molecule has 0 amide bonds. The first kappa shape index (κ1) is 11.4. The van der Waals surface area contributed by atoms with Gasteiger partial charge >= 0.3 is 0 Å². The molecule has 0 heterocycles. The van der Waals surface area contributed by atoms with E-state index in [9.17, 15) is 0 Å². The van der Waals surface area contributed by atoms with Crippen molar-refractivity contribution in [1.82, 2.24) is 5.32 Å². The molecule has 0 aromatic carbocycles. The fourth-order valence-corrected chi connectivity index (χ4v) is 3.81. The van der Waals surface area contributed by atoms with Crippen LogP contribution in [0.25, 0.3) is 0 Å². The van der Waals surface area contributed by atoms with Crippen molar-refractivity contribution in [2.45, 2.75) is 57.8 Å². The Kier molecular flexibility index (Phi) is 4.49. The highest BCUT2D eigenvalue weighted by atomic mass is 14.8. The molecule has 0 saturated heterocycles. The lowest BCUT2D eigenvalue weighted by Crippen LogP contribution is -2.24. The van der Waals surface area contributed by atoms with E-state index in [1.54, 1.807) is 6.42 Å². The SMILES string of the molecule is CNCC1CCCC1CC1CCCCC1. The molecule has 1 heteroatoms. The molecule has 2 saturated carbocycles. The Balaban J connectivity index is 1.76. The molecule has 2 aliphatic rings. The van der Waals surface area contributed by atoms with Crippen LogP contribution in [0.3, 0.4) is 0 Å². The van der Waals surface area contributed by atoms with Gasteiger partial charge in [0.1, 0.15) is 0 Å². The van der Waals surface area contributed by atoms with Crippen LogP contribution in [0.2, 0.25) is 0 Å². The third kappa shape index (κ3) is 3.21. The predicted molar refractivity (Wildman–Crippen MR) is 65.9 cm³/mol. The molecule has 2 fully saturated rings. The van der Waals surface area contributed by atoms with E-state index in [4.69, 9.17) is 0 Å². The molecule has 1 nitrogen and oxygen atoms in total. The maximum atomic E-state index is 3.38. The first-order valence-electron chi connectivity index (χ1n) is 7.04. The lowest BCUT2D eigenvalue weighted by molar-refractivity contribution is 0.250. The van der Waals surface area contributed by atoms with Crippen molar-refractivity contribution in [3.8, 4) is 0 Å². The Morgan fingerprint density at radius 1 is 0.867 bits per heavy atom. The normalized spacial score (nSPS) is 33.4. The Hall–Kier alpha value is -0.0400. The van der Waals surface area contributed by atoms with Crippen LogP contribution in [-0.2, 0) is 0 Å².